The van der Waals surface area contributed by atoms with Crippen LogP contribution in [0.2, 0.25) is 0 Å². The summed E-state index contributed by atoms with van der Waals surface area (Å²) in [6, 6.07) is 13.5. The van der Waals surface area contributed by atoms with Gasteiger partial charge in [0, 0.05) is 11.4 Å². The van der Waals surface area contributed by atoms with E-state index in [9.17, 15) is 4.79 Å². The molecule has 0 aromatic heterocycles. The van der Waals surface area contributed by atoms with Crippen LogP contribution in [0.5, 0.6) is 0 Å². The average Bonchev–Trinajstić information content (AvgIpc) is 2.45. The number of benzene rings is 2. The largest absolute Gasteiger partial charge is 0.448 e. The molecule has 4 heteroatoms. The van der Waals surface area contributed by atoms with Crippen molar-refractivity contribution < 1.29 is 9.53 Å². The molecule has 2 aromatic carbocycles. The van der Waals surface area contributed by atoms with E-state index in [4.69, 9.17) is 10.5 Å². The zero-order chi connectivity index (χ0) is 13.7. The molecule has 1 unspecified atom stereocenters. The molecule has 0 radical (unpaired) electrons. The first-order valence-corrected chi connectivity index (χ1v) is 6.38. The summed E-state index contributed by atoms with van der Waals surface area (Å²) in [5.74, 6) is 0. The number of hydrogen-bond acceptors (Lipinski definition) is 3. The predicted molar refractivity (Wildman–Crippen MR) is 77.2 cm³/mol. The van der Waals surface area contributed by atoms with Gasteiger partial charge in [0.1, 0.15) is 6.61 Å². The van der Waals surface area contributed by atoms with Crippen LogP contribution in [0.4, 0.5) is 10.5 Å². The predicted octanol–water partition coefficient (Wildman–Crippen LogP) is 3.13. The molecule has 3 N–H and O–H groups in total. The highest BCUT2D eigenvalue weighted by molar-refractivity contribution is 6.00. The maximum Gasteiger partial charge on any atom is 0.411 e. The molecule has 0 aliphatic rings. The summed E-state index contributed by atoms with van der Waals surface area (Å²) in [6.45, 7) is 2.18. The van der Waals surface area contributed by atoms with Crippen molar-refractivity contribution in [1.29, 1.82) is 0 Å². The zero-order valence-corrected chi connectivity index (χ0v) is 10.9. The van der Waals surface area contributed by atoms with Gasteiger partial charge in [0.05, 0.1) is 5.69 Å². The summed E-state index contributed by atoms with van der Waals surface area (Å²) >= 11 is 0. The van der Waals surface area contributed by atoms with E-state index in [0.717, 1.165) is 22.9 Å². The van der Waals surface area contributed by atoms with E-state index in [0.29, 0.717) is 0 Å². The van der Waals surface area contributed by atoms with Crippen LogP contribution in [0.15, 0.2) is 42.5 Å². The number of carbonyl (C=O) groups excluding carboxylic acids is 1. The second kappa shape index (κ2) is 6.20. The molecule has 0 spiro atoms. The molecule has 0 heterocycles. The normalized spacial score (nSPS) is 12.1. The Morgan fingerprint density at radius 1 is 1.26 bits per heavy atom. The van der Waals surface area contributed by atoms with Gasteiger partial charge in [-0.25, -0.2) is 4.79 Å². The lowest BCUT2D eigenvalue weighted by Crippen LogP contribution is -2.28. The fraction of sp³-hybridized carbons (Fsp3) is 0.267. The fourth-order valence-electron chi connectivity index (χ4n) is 1.78. The Labute approximate surface area is 112 Å². The first-order chi connectivity index (χ1) is 9.20. The molecule has 0 saturated heterocycles. The maximum atomic E-state index is 11.7. The first-order valence-electron chi connectivity index (χ1n) is 6.38. The summed E-state index contributed by atoms with van der Waals surface area (Å²) in [7, 11) is 0. The molecule has 4 nitrogen and oxygen atoms in total. The number of rotatable bonds is 4. The molecule has 0 bridgehead atoms. The van der Waals surface area contributed by atoms with E-state index >= 15 is 0 Å². The molecule has 0 aliphatic heterocycles. The van der Waals surface area contributed by atoms with Gasteiger partial charge in [-0.05, 0) is 17.9 Å². The second-order valence-corrected chi connectivity index (χ2v) is 4.42. The minimum Gasteiger partial charge on any atom is -0.448 e. The van der Waals surface area contributed by atoms with Gasteiger partial charge < -0.3 is 10.5 Å². The van der Waals surface area contributed by atoms with E-state index in [-0.39, 0.29) is 12.6 Å². The number of nitrogens with two attached hydrogens (primary N) is 1. The number of amides is 1. The third kappa shape index (κ3) is 3.45. The maximum absolute atomic E-state index is 11.7. The molecule has 0 fully saturated rings. The van der Waals surface area contributed by atoms with Crippen LogP contribution in [-0.2, 0) is 4.74 Å². The fourth-order valence-corrected chi connectivity index (χ4v) is 1.78. The van der Waals surface area contributed by atoms with Crippen molar-refractivity contribution in [3.63, 3.8) is 0 Å². The van der Waals surface area contributed by atoms with Crippen molar-refractivity contribution in [3.05, 3.63) is 42.5 Å². The van der Waals surface area contributed by atoms with Crippen LogP contribution in [0.25, 0.3) is 10.8 Å². The summed E-state index contributed by atoms with van der Waals surface area (Å²) in [4.78, 5) is 11.7. The topological polar surface area (TPSA) is 64.3 Å². The molecular formula is C15H18N2O2. The Balaban J connectivity index is 2.07. The van der Waals surface area contributed by atoms with Crippen molar-refractivity contribution in [1.82, 2.24) is 0 Å². The lowest BCUT2D eigenvalue weighted by atomic mass is 10.1. The van der Waals surface area contributed by atoms with Gasteiger partial charge in [-0.15, -0.1) is 0 Å². The number of hydrogen-bond donors (Lipinski definition) is 2. The molecule has 19 heavy (non-hydrogen) atoms. The van der Waals surface area contributed by atoms with Crippen LogP contribution in [0.1, 0.15) is 13.3 Å². The smallest absolute Gasteiger partial charge is 0.411 e. The van der Waals surface area contributed by atoms with Crippen molar-refractivity contribution in [2.45, 2.75) is 19.4 Å². The van der Waals surface area contributed by atoms with E-state index in [1.807, 2.05) is 49.4 Å². The lowest BCUT2D eigenvalue weighted by molar-refractivity contribution is 0.153. The standard InChI is InChI=1S/C15H18N2O2/c1-2-12(16)10-19-15(18)17-14-9-5-7-11-6-3-4-8-13(11)14/h3-9,12H,2,10,16H2,1H3,(H,17,18). The third-order valence-corrected chi connectivity index (χ3v) is 2.98. The molecule has 2 rings (SSSR count). The van der Waals surface area contributed by atoms with Crippen molar-refractivity contribution in [3.8, 4) is 0 Å². The Bertz CT molecular complexity index is 564. The summed E-state index contributed by atoms with van der Waals surface area (Å²) in [6.07, 6.45) is 0.307. The number of ether oxygens (including phenoxy) is 1. The van der Waals surface area contributed by atoms with Gasteiger partial charge in [-0.3, -0.25) is 5.32 Å². The number of carbonyl (C=O) groups is 1. The highest BCUT2D eigenvalue weighted by atomic mass is 16.5. The molecule has 2 aromatic rings. The highest BCUT2D eigenvalue weighted by Crippen LogP contribution is 2.22. The minimum atomic E-state index is -0.472. The Kier molecular flexibility index (Phi) is 4.36. The summed E-state index contributed by atoms with van der Waals surface area (Å²) < 4.78 is 5.07. The van der Waals surface area contributed by atoms with Gasteiger partial charge in [0.25, 0.3) is 0 Å². The number of anilines is 1. The zero-order valence-electron chi connectivity index (χ0n) is 10.9. The van der Waals surface area contributed by atoms with Gasteiger partial charge in [0.15, 0.2) is 0 Å². The number of fused-ring (bicyclic) bond motifs is 1. The molecule has 1 amide bonds. The monoisotopic (exact) mass is 258 g/mol. The van der Waals surface area contributed by atoms with Gasteiger partial charge >= 0.3 is 6.09 Å². The first kappa shape index (κ1) is 13.4. The SMILES string of the molecule is CCC(N)COC(=O)Nc1cccc2ccccc12. The quantitative estimate of drug-likeness (QED) is 0.885. The van der Waals surface area contributed by atoms with Gasteiger partial charge in [-0.1, -0.05) is 43.3 Å². The average molecular weight is 258 g/mol. The molecule has 0 aliphatic carbocycles. The van der Waals surface area contributed by atoms with Crippen LogP contribution in [0, 0.1) is 0 Å². The Hall–Kier alpha value is -2.07. The van der Waals surface area contributed by atoms with E-state index in [2.05, 4.69) is 5.32 Å². The summed E-state index contributed by atoms with van der Waals surface area (Å²) in [5, 5.41) is 4.81. The van der Waals surface area contributed by atoms with E-state index < -0.39 is 6.09 Å². The van der Waals surface area contributed by atoms with Crippen LogP contribution in [0.3, 0.4) is 0 Å². The van der Waals surface area contributed by atoms with Gasteiger partial charge in [0.2, 0.25) is 0 Å². The van der Waals surface area contributed by atoms with Crippen LogP contribution < -0.4 is 11.1 Å². The minimum absolute atomic E-state index is 0.113. The van der Waals surface area contributed by atoms with Crippen LogP contribution in [-0.4, -0.2) is 18.7 Å². The van der Waals surface area contributed by atoms with Crippen molar-refractivity contribution in [2.24, 2.45) is 5.73 Å². The lowest BCUT2D eigenvalue weighted by Gasteiger charge is -2.12. The molecule has 0 saturated carbocycles. The second-order valence-electron chi connectivity index (χ2n) is 4.42. The van der Waals surface area contributed by atoms with Crippen molar-refractivity contribution in [2.75, 3.05) is 11.9 Å². The van der Waals surface area contributed by atoms with E-state index in [1.54, 1.807) is 0 Å². The number of nitrogens with one attached hydrogen (secondary N) is 1. The van der Waals surface area contributed by atoms with Gasteiger partial charge in [-0.2, -0.15) is 0 Å². The third-order valence-electron chi connectivity index (χ3n) is 2.98. The molecule has 1 atom stereocenters. The Morgan fingerprint density at radius 2 is 2.00 bits per heavy atom. The van der Waals surface area contributed by atoms with Crippen molar-refractivity contribution >= 4 is 22.6 Å². The Morgan fingerprint density at radius 3 is 2.79 bits per heavy atom. The summed E-state index contributed by atoms with van der Waals surface area (Å²) in [5.41, 5.74) is 6.44. The van der Waals surface area contributed by atoms with E-state index in [1.165, 1.54) is 0 Å². The molecular weight excluding hydrogens is 240 g/mol. The highest BCUT2D eigenvalue weighted by Gasteiger charge is 2.08. The molecule has 100 valence electrons. The van der Waals surface area contributed by atoms with Crippen LogP contribution >= 0.6 is 0 Å².